The lowest BCUT2D eigenvalue weighted by Crippen LogP contribution is -2.47. The van der Waals surface area contributed by atoms with Gasteiger partial charge in [-0.05, 0) is 12.5 Å². The fraction of sp³-hybridized carbons (Fsp3) is 0.529. The fourth-order valence-corrected chi connectivity index (χ4v) is 2.82. The van der Waals surface area contributed by atoms with E-state index in [1.165, 1.54) is 6.21 Å². The van der Waals surface area contributed by atoms with Crippen molar-refractivity contribution in [2.75, 3.05) is 50.7 Å². The lowest BCUT2D eigenvalue weighted by molar-refractivity contribution is -0.141. The molecule has 1 aromatic heterocycles. The van der Waals surface area contributed by atoms with E-state index in [9.17, 15) is 18.0 Å². The monoisotopic (exact) mass is 397 g/mol. The Kier molecular flexibility index (Phi) is 6.12. The smallest absolute Gasteiger partial charge is 0.404 e. The molecule has 2 fully saturated rings. The molecule has 2 aliphatic rings. The molecule has 2 saturated heterocycles. The molecule has 2 aliphatic heterocycles. The van der Waals surface area contributed by atoms with Gasteiger partial charge in [-0.2, -0.15) is 13.2 Å². The number of allylic oxidation sites excluding steroid dienone is 1. The average Bonchev–Trinajstić information content (AvgIpc) is 2.63. The Labute approximate surface area is 160 Å². The second kappa shape index (κ2) is 8.55. The molecule has 28 heavy (non-hydrogen) atoms. The van der Waals surface area contributed by atoms with Crippen molar-refractivity contribution in [2.24, 2.45) is 10.7 Å². The van der Waals surface area contributed by atoms with Gasteiger partial charge in [0.2, 0.25) is 11.9 Å². The van der Waals surface area contributed by atoms with Crippen LogP contribution in [0.1, 0.15) is 17.8 Å². The highest BCUT2D eigenvalue weighted by Gasteiger charge is 2.35. The highest BCUT2D eigenvalue weighted by Crippen LogP contribution is 2.31. The van der Waals surface area contributed by atoms with E-state index in [0.29, 0.717) is 26.2 Å². The van der Waals surface area contributed by atoms with E-state index in [4.69, 9.17) is 5.73 Å². The number of amides is 1. The lowest BCUT2D eigenvalue weighted by Gasteiger charge is -2.31. The summed E-state index contributed by atoms with van der Waals surface area (Å²) >= 11 is 0. The second-order valence-electron chi connectivity index (χ2n) is 6.50. The van der Waals surface area contributed by atoms with Gasteiger partial charge < -0.3 is 20.9 Å². The molecule has 0 unspecified atom stereocenters. The number of halogens is 3. The summed E-state index contributed by atoms with van der Waals surface area (Å²) in [7, 11) is 0. The van der Waals surface area contributed by atoms with Gasteiger partial charge in [0.1, 0.15) is 6.54 Å². The number of anilines is 1. The highest BCUT2D eigenvalue weighted by molar-refractivity contribution is 6.09. The molecule has 0 bridgehead atoms. The van der Waals surface area contributed by atoms with Crippen LogP contribution in [0.15, 0.2) is 17.3 Å². The van der Waals surface area contributed by atoms with Gasteiger partial charge in [0.15, 0.2) is 5.69 Å². The van der Waals surface area contributed by atoms with E-state index in [1.807, 2.05) is 0 Å². The summed E-state index contributed by atoms with van der Waals surface area (Å²) in [4.78, 5) is 27.4. The van der Waals surface area contributed by atoms with Crippen molar-refractivity contribution in [3.05, 3.63) is 23.7 Å². The van der Waals surface area contributed by atoms with Crippen molar-refractivity contribution < 1.29 is 18.0 Å². The molecule has 3 rings (SSSR count). The Morgan fingerprint density at radius 3 is 2.54 bits per heavy atom. The summed E-state index contributed by atoms with van der Waals surface area (Å²) in [6, 6.07) is 0.839. The van der Waals surface area contributed by atoms with Gasteiger partial charge >= 0.3 is 6.18 Å². The van der Waals surface area contributed by atoms with Crippen molar-refractivity contribution in [3.63, 3.8) is 0 Å². The van der Waals surface area contributed by atoms with E-state index >= 15 is 0 Å². The first-order valence-electron chi connectivity index (χ1n) is 9.00. The first-order valence-corrected chi connectivity index (χ1v) is 9.00. The fourth-order valence-electron chi connectivity index (χ4n) is 2.82. The summed E-state index contributed by atoms with van der Waals surface area (Å²) in [5.74, 6) is -0.130. The Morgan fingerprint density at radius 1 is 1.25 bits per heavy atom. The summed E-state index contributed by atoms with van der Waals surface area (Å²) < 4.78 is 39.6. The van der Waals surface area contributed by atoms with Crippen LogP contribution in [-0.2, 0) is 11.0 Å². The van der Waals surface area contributed by atoms with Crippen LogP contribution in [0.4, 0.5) is 19.1 Å². The van der Waals surface area contributed by atoms with Crippen LogP contribution >= 0.6 is 0 Å². The largest absolute Gasteiger partial charge is 0.433 e. The molecule has 0 aliphatic carbocycles. The maximum atomic E-state index is 13.2. The molecule has 1 aromatic rings. The Hall–Kier alpha value is -2.69. The van der Waals surface area contributed by atoms with Crippen LogP contribution in [0.25, 0.3) is 5.57 Å². The third-order valence-electron chi connectivity index (χ3n) is 4.55. The molecule has 0 saturated carbocycles. The minimum absolute atomic E-state index is 0.0146. The number of nitrogens with one attached hydrogen (secondary N) is 1. The van der Waals surface area contributed by atoms with Crippen molar-refractivity contribution in [1.82, 2.24) is 20.2 Å². The van der Waals surface area contributed by atoms with Gasteiger partial charge in [-0.15, -0.1) is 0 Å². The molecule has 0 atom stereocenters. The third-order valence-corrected chi connectivity index (χ3v) is 4.55. The van der Waals surface area contributed by atoms with Gasteiger partial charge in [0, 0.05) is 57.3 Å². The van der Waals surface area contributed by atoms with E-state index in [0.717, 1.165) is 31.8 Å². The molecule has 152 valence electrons. The van der Waals surface area contributed by atoms with Gasteiger partial charge in [-0.25, -0.2) is 9.97 Å². The van der Waals surface area contributed by atoms with Gasteiger partial charge in [0.05, 0.1) is 5.69 Å². The standard InChI is InChI=1S/C17H22F3N7O/c18-17(19,20)14-8-13(24-16(25-14)27-4-1-5-27)12(9-21)10-23-11-15(28)26-6-2-22-3-7-26/h8-10,22H,1-7,11,21H2/b12-9+,23-10?. The first kappa shape index (κ1) is 20.1. The zero-order valence-corrected chi connectivity index (χ0v) is 15.2. The zero-order chi connectivity index (χ0) is 20.1. The Balaban J connectivity index is 1.76. The highest BCUT2D eigenvalue weighted by atomic mass is 19.4. The van der Waals surface area contributed by atoms with Crippen LogP contribution in [0.5, 0.6) is 0 Å². The molecular formula is C17H22F3N7O. The number of hydrogen-bond acceptors (Lipinski definition) is 7. The predicted molar refractivity (Wildman–Crippen MR) is 98.8 cm³/mol. The molecule has 1 amide bonds. The quantitative estimate of drug-likeness (QED) is 0.703. The molecule has 0 aromatic carbocycles. The van der Waals surface area contributed by atoms with Gasteiger partial charge in [-0.3, -0.25) is 9.79 Å². The van der Waals surface area contributed by atoms with Crippen LogP contribution in [0.2, 0.25) is 0 Å². The molecule has 0 radical (unpaired) electrons. The molecule has 8 nitrogen and oxygen atoms in total. The Bertz CT molecular complexity index is 769. The predicted octanol–water partition coefficient (Wildman–Crippen LogP) is 0.508. The van der Waals surface area contributed by atoms with Crippen LogP contribution in [0.3, 0.4) is 0 Å². The maximum Gasteiger partial charge on any atom is 0.433 e. The van der Waals surface area contributed by atoms with E-state index < -0.39 is 11.9 Å². The average molecular weight is 397 g/mol. The van der Waals surface area contributed by atoms with Crippen LogP contribution in [0, 0.1) is 0 Å². The number of piperazine rings is 1. The van der Waals surface area contributed by atoms with Crippen molar-refractivity contribution in [2.45, 2.75) is 12.6 Å². The lowest BCUT2D eigenvalue weighted by atomic mass is 10.2. The number of carbonyl (C=O) groups excluding carboxylic acids is 1. The minimum Gasteiger partial charge on any atom is -0.404 e. The number of nitrogens with two attached hydrogens (primary N) is 1. The molecule has 3 N–H and O–H groups in total. The number of aromatic nitrogens is 2. The minimum atomic E-state index is -4.60. The third kappa shape index (κ3) is 4.77. The van der Waals surface area contributed by atoms with Gasteiger partial charge in [0.25, 0.3) is 0 Å². The SMILES string of the molecule is N/C=C(\C=NCC(=O)N1CCNCC1)c1cc(C(F)(F)F)nc(N2CCC2)n1. The normalized spacial score (nSPS) is 18.5. The van der Waals surface area contributed by atoms with Crippen molar-refractivity contribution in [3.8, 4) is 0 Å². The van der Waals surface area contributed by atoms with E-state index in [1.54, 1.807) is 9.80 Å². The summed E-state index contributed by atoms with van der Waals surface area (Å²) in [6.45, 7) is 3.77. The number of nitrogens with zero attached hydrogens (tertiary/aromatic N) is 5. The van der Waals surface area contributed by atoms with E-state index in [2.05, 4.69) is 20.3 Å². The number of aliphatic imine (C=N–C) groups is 1. The van der Waals surface area contributed by atoms with Crippen molar-refractivity contribution in [1.29, 1.82) is 0 Å². The molecular weight excluding hydrogens is 375 g/mol. The van der Waals surface area contributed by atoms with Crippen LogP contribution in [-0.4, -0.2) is 72.8 Å². The summed E-state index contributed by atoms with van der Waals surface area (Å²) in [6.07, 6.45) is -1.32. The number of alkyl halides is 3. The molecule has 11 heteroatoms. The second-order valence-corrected chi connectivity index (χ2v) is 6.50. The van der Waals surface area contributed by atoms with Crippen LogP contribution < -0.4 is 16.0 Å². The zero-order valence-electron chi connectivity index (χ0n) is 15.2. The maximum absolute atomic E-state index is 13.2. The topological polar surface area (TPSA) is 99.7 Å². The van der Waals surface area contributed by atoms with Gasteiger partial charge in [-0.1, -0.05) is 0 Å². The van der Waals surface area contributed by atoms with E-state index in [-0.39, 0.29) is 29.7 Å². The first-order chi connectivity index (χ1) is 13.4. The summed E-state index contributed by atoms with van der Waals surface area (Å²) in [5.41, 5.74) is 4.76. The van der Waals surface area contributed by atoms with Crippen molar-refractivity contribution >= 4 is 23.6 Å². The molecule has 3 heterocycles. The Morgan fingerprint density at radius 2 is 1.96 bits per heavy atom. The number of rotatable bonds is 5. The number of hydrogen-bond donors (Lipinski definition) is 2. The summed E-state index contributed by atoms with van der Waals surface area (Å²) in [5, 5.41) is 3.15. The number of carbonyl (C=O) groups is 1. The molecule has 0 spiro atoms.